The van der Waals surface area contributed by atoms with Crippen LogP contribution in [0.4, 0.5) is 0 Å². The number of benzene rings is 22. The third kappa shape index (κ3) is 12.6. The molecule has 32 rings (SSSR count). The summed E-state index contributed by atoms with van der Waals surface area (Å²) in [5.41, 5.74) is 35.4. The first-order valence-electron chi connectivity index (χ1n) is 51.2. The van der Waals surface area contributed by atoms with Crippen molar-refractivity contribution in [3.05, 3.63) is 467 Å². The van der Waals surface area contributed by atoms with E-state index in [4.69, 9.17) is 47.4 Å². The van der Waals surface area contributed by atoms with Gasteiger partial charge >= 0.3 is 0 Å². The molecule has 17 heteroatoms. The fraction of sp³-hybridized carbons (Fsp3) is 0. The summed E-state index contributed by atoms with van der Waals surface area (Å²) in [5, 5.41) is 0. The zero-order chi connectivity index (χ0) is 97.3. The highest BCUT2D eigenvalue weighted by atomic mass is 16.5. The van der Waals surface area contributed by atoms with Crippen LogP contribution in [0.1, 0.15) is 0 Å². The van der Waals surface area contributed by atoms with E-state index in [0.29, 0.717) is 17.2 Å². The van der Waals surface area contributed by atoms with Gasteiger partial charge in [0.25, 0.3) is 47.0 Å². The molecule has 10 heterocycles. The monoisotopic (exact) mass is 1900 g/mol. The standard InChI is InChI=1S/C132H77B7O10/c1-4-36-78(37-5-1)89-77-117-122-132(147-113-71-29-18-55-96(113)135(122)95-54-17-24-66-108(95)141-117)120(89)136-97-56-19-26-68-110(97)142-125-82(44-30-60-101(125)136)81-74-75-114-105(76-81)138-99-58-21-28-70-112(99)145-130-118(79-38-6-2-7-39-79)123(119(131(146-114)124(130)138)80-40-8-3-9-41-80)137-98-57-20-27-69-111(98)144-129-88(48-34-61-102(129)137)87-47-33-59-100-128(87)143-109-67-25-16-53-94(109)134(100)91-50-13-11-43-84(91)86-46-32-63-104-127(86)149-116-73-35-72-115-121(116)139(104)103-62-31-45-85(126(103)148-115)83-42-10-12-49-90(83)133-92-51-14-22-64-106(92)140-107-65-23-15-52-93(107)133/h1-77H. The third-order valence-corrected chi connectivity index (χ3v) is 32.3. The van der Waals surface area contributed by atoms with Gasteiger partial charge < -0.3 is 47.4 Å². The number of para-hydroxylation sites is 13. The second-order valence-corrected chi connectivity index (χ2v) is 40.0. The maximum absolute atomic E-state index is 8.03. The topological polar surface area (TPSA) is 92.3 Å². The Bertz CT molecular complexity index is 9410. The Morgan fingerprint density at radius 3 is 0.785 bits per heavy atom. The normalized spacial score (nSPS) is 13.5. The lowest BCUT2D eigenvalue weighted by atomic mass is 9.31. The molecule has 10 nitrogen and oxygen atoms in total. The minimum absolute atomic E-state index is 0.105. The van der Waals surface area contributed by atoms with E-state index in [1.165, 1.54) is 0 Å². The second kappa shape index (κ2) is 32.9. The molecule has 0 fully saturated rings. The van der Waals surface area contributed by atoms with Crippen LogP contribution in [-0.2, 0) is 0 Å². The predicted octanol–water partition coefficient (Wildman–Crippen LogP) is 18.0. The van der Waals surface area contributed by atoms with Crippen molar-refractivity contribution in [2.45, 2.75) is 0 Å². The Morgan fingerprint density at radius 1 is 0.107 bits per heavy atom. The predicted molar refractivity (Wildman–Crippen MR) is 608 cm³/mol. The van der Waals surface area contributed by atoms with Gasteiger partial charge in [0.05, 0.1) is 0 Å². The van der Waals surface area contributed by atoms with Crippen molar-refractivity contribution < 1.29 is 47.4 Å². The number of fused-ring (bicyclic) bond motifs is 20. The molecule has 0 unspecified atom stereocenters. The first kappa shape index (κ1) is 83.7. The van der Waals surface area contributed by atoms with Gasteiger partial charge in [-0.3, -0.25) is 0 Å². The van der Waals surface area contributed by atoms with Crippen molar-refractivity contribution in [3.63, 3.8) is 0 Å². The molecule has 10 aliphatic heterocycles. The lowest BCUT2D eigenvalue weighted by Crippen LogP contribution is -2.62. The largest absolute Gasteiger partial charge is 0.459 e. The molecule has 0 bridgehead atoms. The molecular weight excluding hydrogens is 1820 g/mol. The zero-order valence-corrected chi connectivity index (χ0v) is 80.1. The summed E-state index contributed by atoms with van der Waals surface area (Å²) in [6, 6.07) is 167. The van der Waals surface area contributed by atoms with E-state index >= 15 is 0 Å². The number of ether oxygens (including phenoxy) is 10. The van der Waals surface area contributed by atoms with Crippen molar-refractivity contribution in [3.8, 4) is 193 Å². The van der Waals surface area contributed by atoms with Gasteiger partial charge in [-0.25, -0.2) is 0 Å². The van der Waals surface area contributed by atoms with E-state index in [0.717, 1.165) is 290 Å². The van der Waals surface area contributed by atoms with E-state index in [2.05, 4.69) is 455 Å². The summed E-state index contributed by atoms with van der Waals surface area (Å²) < 4.78 is 74.7. The minimum Gasteiger partial charge on any atom is -0.459 e. The zero-order valence-electron chi connectivity index (χ0n) is 80.1. The summed E-state index contributed by atoms with van der Waals surface area (Å²) in [6.07, 6.45) is 0. The number of rotatable bonds is 11. The van der Waals surface area contributed by atoms with Crippen molar-refractivity contribution in [2.75, 3.05) is 0 Å². The van der Waals surface area contributed by atoms with Crippen LogP contribution in [-0.4, -0.2) is 47.0 Å². The molecule has 0 aromatic heterocycles. The van der Waals surface area contributed by atoms with E-state index in [9.17, 15) is 0 Å². The van der Waals surface area contributed by atoms with Crippen LogP contribution >= 0.6 is 0 Å². The Balaban J connectivity index is 0.538. The Labute approximate surface area is 862 Å². The van der Waals surface area contributed by atoms with Gasteiger partial charge in [0.15, 0.2) is 0 Å². The van der Waals surface area contributed by atoms with Crippen molar-refractivity contribution >= 4 is 162 Å². The molecule has 0 N–H and O–H groups in total. The van der Waals surface area contributed by atoms with E-state index < -0.39 is 13.4 Å². The fourth-order valence-corrected chi connectivity index (χ4v) is 26.1. The van der Waals surface area contributed by atoms with Crippen LogP contribution in [0.25, 0.3) is 77.9 Å². The Kier molecular flexibility index (Phi) is 18.5. The van der Waals surface area contributed by atoms with E-state index in [-0.39, 0.29) is 33.6 Å². The SMILES string of the molecule is c1ccc(-c2cc3c4c(c2B2c5ccccc5Oc5c2cccc5-c2ccc5c(c2)B2c6ccccc6Oc6c2c(c(-c2ccccc2)c(B2c7ccccc7Oc7c2cccc7-c2cccc7c2Oc2ccccc2B7c2ccccc2-c2cccc7c2Oc2cccc8c2B7c2cccc(-c7ccccc7B7c9ccccc9Oc9ccccc97)c2O8)c6-c2ccccc2)O5)Oc2ccccc2B4c2ccccc2O3)cc1. The molecule has 0 radical (unpaired) electrons. The molecule has 0 saturated heterocycles. The number of hydrogen-bond acceptors (Lipinski definition) is 10. The van der Waals surface area contributed by atoms with Crippen LogP contribution in [0.5, 0.6) is 115 Å². The Morgan fingerprint density at radius 2 is 0.362 bits per heavy atom. The molecule has 0 amide bonds. The van der Waals surface area contributed by atoms with Crippen molar-refractivity contribution in [1.82, 2.24) is 0 Å². The summed E-state index contributed by atoms with van der Waals surface area (Å²) >= 11 is 0. The van der Waals surface area contributed by atoms with Gasteiger partial charge in [0.1, 0.15) is 115 Å². The molecular formula is C132H77B7O10. The van der Waals surface area contributed by atoms with Crippen LogP contribution < -0.4 is 162 Å². The van der Waals surface area contributed by atoms with Crippen molar-refractivity contribution in [1.29, 1.82) is 0 Å². The van der Waals surface area contributed by atoms with E-state index in [1.54, 1.807) is 0 Å². The molecule has 0 saturated carbocycles. The Hall–Kier alpha value is -18.7. The summed E-state index contributed by atoms with van der Waals surface area (Å²) in [6.45, 7) is -2.15. The van der Waals surface area contributed by atoms with Crippen LogP contribution in [0, 0.1) is 0 Å². The first-order valence-corrected chi connectivity index (χ1v) is 51.2. The average Bonchev–Trinajstić information content (AvgIpc) is 0.686. The van der Waals surface area contributed by atoms with Gasteiger partial charge in [-0.05, 0) is 199 Å². The van der Waals surface area contributed by atoms with Crippen LogP contribution in [0.2, 0.25) is 0 Å². The first-order chi connectivity index (χ1) is 74.0. The molecule has 686 valence electrons. The van der Waals surface area contributed by atoms with Crippen molar-refractivity contribution in [2.24, 2.45) is 0 Å². The maximum atomic E-state index is 8.03. The lowest BCUT2D eigenvalue weighted by molar-refractivity contribution is 0.466. The van der Waals surface area contributed by atoms with Gasteiger partial charge in [0.2, 0.25) is 0 Å². The van der Waals surface area contributed by atoms with Gasteiger partial charge in [0, 0.05) is 55.3 Å². The summed E-state index contributed by atoms with van der Waals surface area (Å²) in [4.78, 5) is 0. The highest BCUT2D eigenvalue weighted by molar-refractivity contribution is 7.04. The smallest absolute Gasteiger partial charge is 0.260 e. The lowest BCUT2D eigenvalue weighted by Gasteiger charge is -2.39. The highest BCUT2D eigenvalue weighted by Crippen LogP contribution is 2.52. The maximum Gasteiger partial charge on any atom is 0.260 e. The average molecular weight is 1900 g/mol. The van der Waals surface area contributed by atoms with Gasteiger partial charge in [-0.2, -0.15) is 0 Å². The summed E-state index contributed by atoms with van der Waals surface area (Å²) in [5.74, 6) is 15.4. The third-order valence-electron chi connectivity index (χ3n) is 32.3. The molecule has 0 spiro atoms. The highest BCUT2D eigenvalue weighted by Gasteiger charge is 2.52. The molecule has 0 atom stereocenters. The van der Waals surface area contributed by atoms with Crippen LogP contribution in [0.15, 0.2) is 467 Å². The van der Waals surface area contributed by atoms with Gasteiger partial charge in [-0.15, -0.1) is 0 Å². The molecule has 149 heavy (non-hydrogen) atoms. The minimum atomic E-state index is -0.518. The van der Waals surface area contributed by atoms with Crippen LogP contribution in [0.3, 0.4) is 0 Å². The fourth-order valence-electron chi connectivity index (χ4n) is 26.1. The summed E-state index contributed by atoms with van der Waals surface area (Å²) in [7, 11) is 0. The quantitative estimate of drug-likeness (QED) is 0.117. The number of hydrogen-bond donors (Lipinski definition) is 0. The molecule has 22 aromatic rings. The second-order valence-electron chi connectivity index (χ2n) is 40.0. The molecule has 22 aromatic carbocycles. The molecule has 10 aliphatic rings. The molecule has 0 aliphatic carbocycles. The van der Waals surface area contributed by atoms with Gasteiger partial charge in [-0.1, -0.05) is 405 Å². The van der Waals surface area contributed by atoms with E-state index in [1.807, 2.05) is 12.1 Å².